The Kier molecular flexibility index (Phi) is 3.35. The predicted molar refractivity (Wildman–Crippen MR) is 70.4 cm³/mol. The molecule has 0 atom stereocenters. The third kappa shape index (κ3) is 2.19. The maximum atomic E-state index is 6.44. The van der Waals surface area contributed by atoms with Crippen molar-refractivity contribution < 1.29 is 9.26 Å². The molecular formula is C14H23N3O2. The second-order valence-corrected chi connectivity index (χ2v) is 6.05. The van der Waals surface area contributed by atoms with E-state index < -0.39 is 5.54 Å². The molecule has 2 N–H and O–H groups in total. The first-order valence-electron chi connectivity index (χ1n) is 7.37. The number of hydrogen-bond donors (Lipinski definition) is 1. The molecule has 0 unspecified atom stereocenters. The molecule has 106 valence electrons. The van der Waals surface area contributed by atoms with Crippen LogP contribution < -0.4 is 5.73 Å². The summed E-state index contributed by atoms with van der Waals surface area (Å²) < 4.78 is 11.2. The lowest BCUT2D eigenvalue weighted by atomic mass is 9.82. The summed E-state index contributed by atoms with van der Waals surface area (Å²) in [5, 5.41) is 4.17. The fourth-order valence-electron chi connectivity index (χ4n) is 3.47. The molecule has 0 saturated heterocycles. The summed E-state index contributed by atoms with van der Waals surface area (Å²) in [7, 11) is 1.74. The van der Waals surface area contributed by atoms with Gasteiger partial charge in [-0.15, -0.1) is 0 Å². The Hall–Kier alpha value is -0.940. The lowest BCUT2D eigenvalue weighted by molar-refractivity contribution is -0.0178. The van der Waals surface area contributed by atoms with Gasteiger partial charge in [0.25, 0.3) is 0 Å². The van der Waals surface area contributed by atoms with Crippen molar-refractivity contribution in [1.29, 1.82) is 0 Å². The molecule has 1 aromatic heterocycles. The summed E-state index contributed by atoms with van der Waals surface area (Å²) in [5.41, 5.74) is 5.68. The van der Waals surface area contributed by atoms with Crippen molar-refractivity contribution in [3.63, 3.8) is 0 Å². The summed E-state index contributed by atoms with van der Waals surface area (Å²) in [6, 6.07) is 0. The smallest absolute Gasteiger partial charge is 0.246 e. The van der Waals surface area contributed by atoms with E-state index in [0.717, 1.165) is 51.4 Å². The first-order chi connectivity index (χ1) is 9.19. The van der Waals surface area contributed by atoms with Gasteiger partial charge in [-0.3, -0.25) is 0 Å². The van der Waals surface area contributed by atoms with E-state index in [0.29, 0.717) is 11.7 Å². The van der Waals surface area contributed by atoms with Crippen molar-refractivity contribution in [3.8, 4) is 0 Å². The van der Waals surface area contributed by atoms with E-state index in [1.165, 1.54) is 6.42 Å². The first-order valence-corrected chi connectivity index (χ1v) is 7.37. The van der Waals surface area contributed by atoms with Crippen molar-refractivity contribution in [2.24, 2.45) is 5.73 Å². The lowest BCUT2D eigenvalue weighted by Crippen LogP contribution is -2.39. The van der Waals surface area contributed by atoms with Crippen LogP contribution in [0.2, 0.25) is 0 Å². The van der Waals surface area contributed by atoms with Crippen LogP contribution in [0.3, 0.4) is 0 Å². The highest BCUT2D eigenvalue weighted by Crippen LogP contribution is 2.41. The maximum absolute atomic E-state index is 6.44. The van der Waals surface area contributed by atoms with Gasteiger partial charge in [-0.2, -0.15) is 4.98 Å². The van der Waals surface area contributed by atoms with Gasteiger partial charge >= 0.3 is 0 Å². The number of nitrogens with zero attached hydrogens (tertiary/aromatic N) is 2. The normalized spacial score (nSPS) is 25.6. The largest absolute Gasteiger partial charge is 0.370 e. The van der Waals surface area contributed by atoms with Crippen LogP contribution in [0.5, 0.6) is 0 Å². The summed E-state index contributed by atoms with van der Waals surface area (Å²) in [6.45, 7) is 0. The zero-order valence-corrected chi connectivity index (χ0v) is 11.7. The van der Waals surface area contributed by atoms with Gasteiger partial charge in [0.1, 0.15) is 5.60 Å². The highest BCUT2D eigenvalue weighted by molar-refractivity contribution is 5.09. The van der Waals surface area contributed by atoms with E-state index in [9.17, 15) is 0 Å². The van der Waals surface area contributed by atoms with Crippen LogP contribution in [-0.2, 0) is 15.9 Å². The number of rotatable bonds is 3. The van der Waals surface area contributed by atoms with Crippen LogP contribution in [0.15, 0.2) is 4.52 Å². The average molecular weight is 265 g/mol. The summed E-state index contributed by atoms with van der Waals surface area (Å²) in [5.74, 6) is 1.29. The molecular weight excluding hydrogens is 242 g/mol. The van der Waals surface area contributed by atoms with Crippen molar-refractivity contribution >= 4 is 0 Å². The van der Waals surface area contributed by atoms with Crippen LogP contribution in [0.1, 0.15) is 69.5 Å². The monoisotopic (exact) mass is 265 g/mol. The molecule has 0 bridgehead atoms. The van der Waals surface area contributed by atoms with Gasteiger partial charge in [-0.25, -0.2) is 0 Å². The zero-order valence-electron chi connectivity index (χ0n) is 11.7. The molecule has 19 heavy (non-hydrogen) atoms. The summed E-state index contributed by atoms with van der Waals surface area (Å²) in [4.78, 5) is 4.60. The molecule has 2 aliphatic rings. The van der Waals surface area contributed by atoms with Crippen LogP contribution >= 0.6 is 0 Å². The molecule has 5 nitrogen and oxygen atoms in total. The number of ether oxygens (including phenoxy) is 1. The summed E-state index contributed by atoms with van der Waals surface area (Å²) in [6.07, 6.45) is 9.68. The van der Waals surface area contributed by atoms with E-state index in [1.807, 2.05) is 0 Å². The highest BCUT2D eigenvalue weighted by atomic mass is 16.5. The molecule has 0 radical (unpaired) electrons. The highest BCUT2D eigenvalue weighted by Gasteiger charge is 2.42. The minimum absolute atomic E-state index is 0.340. The number of nitrogens with two attached hydrogens (primary N) is 1. The Morgan fingerprint density at radius 3 is 2.32 bits per heavy atom. The third-order valence-electron chi connectivity index (χ3n) is 4.81. The van der Waals surface area contributed by atoms with E-state index in [4.69, 9.17) is 15.0 Å². The third-order valence-corrected chi connectivity index (χ3v) is 4.81. The average Bonchev–Trinajstić information content (AvgIpc) is 3.09. The number of aromatic nitrogens is 2. The Morgan fingerprint density at radius 1 is 1.05 bits per heavy atom. The Labute approximate surface area is 113 Å². The van der Waals surface area contributed by atoms with Crippen molar-refractivity contribution in [2.45, 2.75) is 68.9 Å². The fraction of sp³-hybridized carbons (Fsp3) is 0.857. The minimum Gasteiger partial charge on any atom is -0.370 e. The number of hydrogen-bond acceptors (Lipinski definition) is 5. The van der Waals surface area contributed by atoms with Crippen LogP contribution in [-0.4, -0.2) is 17.3 Å². The van der Waals surface area contributed by atoms with E-state index in [2.05, 4.69) is 10.1 Å². The molecule has 2 fully saturated rings. The van der Waals surface area contributed by atoms with E-state index >= 15 is 0 Å². The van der Waals surface area contributed by atoms with Gasteiger partial charge in [0.05, 0.1) is 5.54 Å². The molecule has 5 heteroatoms. The fourth-order valence-corrected chi connectivity index (χ4v) is 3.47. The minimum atomic E-state index is -0.420. The second kappa shape index (κ2) is 4.87. The van der Waals surface area contributed by atoms with Gasteiger partial charge in [0.2, 0.25) is 11.7 Å². The van der Waals surface area contributed by atoms with Crippen LogP contribution in [0.25, 0.3) is 0 Å². The Morgan fingerprint density at radius 2 is 1.68 bits per heavy atom. The molecule has 2 aliphatic carbocycles. The molecule has 0 amide bonds. The van der Waals surface area contributed by atoms with Crippen LogP contribution in [0, 0.1) is 0 Å². The Balaban J connectivity index is 1.86. The lowest BCUT2D eigenvalue weighted by Gasteiger charge is -2.29. The van der Waals surface area contributed by atoms with Gasteiger partial charge in [-0.1, -0.05) is 24.4 Å². The molecule has 1 heterocycles. The molecule has 0 aromatic carbocycles. The predicted octanol–water partition coefficient (Wildman–Crippen LogP) is 2.60. The second-order valence-electron chi connectivity index (χ2n) is 6.05. The van der Waals surface area contributed by atoms with Crippen LogP contribution in [0.4, 0.5) is 0 Å². The first kappa shape index (κ1) is 13.1. The van der Waals surface area contributed by atoms with Gasteiger partial charge in [0.15, 0.2) is 0 Å². The molecule has 1 aromatic rings. The maximum Gasteiger partial charge on any atom is 0.246 e. The molecule has 0 aliphatic heterocycles. The standard InChI is InChI=1S/C14H23N3O2/c1-18-14(9-5-6-10-14)11-16-12(19-17-11)13(15)7-3-2-4-8-13/h2-10,15H2,1H3. The summed E-state index contributed by atoms with van der Waals surface area (Å²) >= 11 is 0. The zero-order chi connectivity index (χ0) is 13.3. The van der Waals surface area contributed by atoms with Crippen molar-refractivity contribution in [2.75, 3.05) is 7.11 Å². The van der Waals surface area contributed by atoms with Gasteiger partial charge in [0, 0.05) is 7.11 Å². The van der Waals surface area contributed by atoms with E-state index in [-0.39, 0.29) is 5.60 Å². The number of methoxy groups -OCH3 is 1. The SMILES string of the molecule is COC1(c2noc(C3(N)CCCCC3)n2)CCCC1. The van der Waals surface area contributed by atoms with Crippen molar-refractivity contribution in [1.82, 2.24) is 10.1 Å². The van der Waals surface area contributed by atoms with E-state index in [1.54, 1.807) is 7.11 Å². The van der Waals surface area contributed by atoms with Gasteiger partial charge < -0.3 is 15.0 Å². The molecule has 0 spiro atoms. The quantitative estimate of drug-likeness (QED) is 0.909. The topological polar surface area (TPSA) is 74.2 Å². The molecule has 3 rings (SSSR count). The van der Waals surface area contributed by atoms with Crippen molar-refractivity contribution in [3.05, 3.63) is 11.7 Å². The molecule has 2 saturated carbocycles. The van der Waals surface area contributed by atoms with Gasteiger partial charge in [-0.05, 0) is 38.5 Å². The Bertz CT molecular complexity index is 432.